The van der Waals surface area contributed by atoms with Crippen LogP contribution in [0.15, 0.2) is 12.3 Å². The molecule has 1 unspecified atom stereocenters. The minimum absolute atomic E-state index is 0.0385. The van der Waals surface area contributed by atoms with E-state index in [2.05, 4.69) is 4.98 Å². The maximum absolute atomic E-state index is 14.9. The van der Waals surface area contributed by atoms with Gasteiger partial charge in [-0.15, -0.1) is 0 Å². The summed E-state index contributed by atoms with van der Waals surface area (Å²) >= 11 is 7.61. The van der Waals surface area contributed by atoms with E-state index in [1.54, 1.807) is 0 Å². The molecule has 2 fully saturated rings. The van der Waals surface area contributed by atoms with Crippen LogP contribution in [0.2, 0.25) is 5.02 Å². The van der Waals surface area contributed by atoms with Gasteiger partial charge in [0.2, 0.25) is 5.95 Å². The highest BCUT2D eigenvalue weighted by Crippen LogP contribution is 2.60. The van der Waals surface area contributed by atoms with E-state index in [1.807, 2.05) is 11.8 Å². The van der Waals surface area contributed by atoms with Gasteiger partial charge < -0.3 is 0 Å². The van der Waals surface area contributed by atoms with Crippen LogP contribution in [0.4, 0.5) is 8.78 Å². The van der Waals surface area contributed by atoms with Crippen molar-refractivity contribution in [3.63, 3.8) is 0 Å². The van der Waals surface area contributed by atoms with E-state index in [0.29, 0.717) is 17.9 Å². The summed E-state index contributed by atoms with van der Waals surface area (Å²) in [5.41, 5.74) is -1.56. The Labute approximate surface area is 108 Å². The number of nitrogens with zero attached hydrogens (tertiary/aromatic N) is 1. The van der Waals surface area contributed by atoms with E-state index in [-0.39, 0.29) is 10.3 Å². The van der Waals surface area contributed by atoms with E-state index < -0.39 is 11.6 Å². The Balaban J connectivity index is 1.98. The maximum Gasteiger partial charge on any atom is 0.219 e. The number of thioether (sulfide) groups is 1. The molecule has 17 heavy (non-hydrogen) atoms. The van der Waals surface area contributed by atoms with Gasteiger partial charge in [0.15, 0.2) is 0 Å². The van der Waals surface area contributed by atoms with Crippen LogP contribution >= 0.6 is 23.4 Å². The Bertz CT molecular complexity index is 464. The first kappa shape index (κ1) is 11.7. The molecule has 0 bridgehead atoms. The predicted molar refractivity (Wildman–Crippen MR) is 65.6 cm³/mol. The number of hydrogen-bond acceptors (Lipinski definition) is 2. The number of hydrogen-bond donors (Lipinski definition) is 0. The molecule has 1 saturated heterocycles. The monoisotopic (exact) mass is 275 g/mol. The van der Waals surface area contributed by atoms with Gasteiger partial charge in [0.1, 0.15) is 5.67 Å². The van der Waals surface area contributed by atoms with Crippen LogP contribution in [0.5, 0.6) is 0 Å². The van der Waals surface area contributed by atoms with Crippen molar-refractivity contribution in [2.75, 3.05) is 5.75 Å². The normalized spacial score (nSPS) is 30.5. The summed E-state index contributed by atoms with van der Waals surface area (Å²) in [5.74, 6) is 0.0160. The second-order valence-electron chi connectivity index (χ2n) is 4.92. The molecule has 1 saturated carbocycles. The summed E-state index contributed by atoms with van der Waals surface area (Å²) in [5, 5.41) is 0.293. The SMILES string of the molecule is Fc1ncc(Cl)cc1C1(F)CCSC2(CC2)C1. The first-order valence-electron chi connectivity index (χ1n) is 5.68. The second kappa shape index (κ2) is 3.82. The van der Waals surface area contributed by atoms with Crippen LogP contribution in [0.1, 0.15) is 31.2 Å². The molecule has 92 valence electrons. The molecule has 1 aromatic heterocycles. The predicted octanol–water partition coefficient (Wildman–Crippen LogP) is 4.10. The van der Waals surface area contributed by atoms with Crippen molar-refractivity contribution < 1.29 is 8.78 Å². The lowest BCUT2D eigenvalue weighted by molar-refractivity contribution is 0.129. The molecule has 5 heteroatoms. The Morgan fingerprint density at radius 2 is 2.12 bits per heavy atom. The van der Waals surface area contributed by atoms with E-state index in [4.69, 9.17) is 11.6 Å². The fourth-order valence-corrected chi connectivity index (χ4v) is 4.24. The molecule has 0 N–H and O–H groups in total. The van der Waals surface area contributed by atoms with Gasteiger partial charge in [0, 0.05) is 22.9 Å². The molecule has 3 rings (SSSR count). The van der Waals surface area contributed by atoms with Gasteiger partial charge in [-0.1, -0.05) is 11.6 Å². The number of rotatable bonds is 1. The lowest BCUT2D eigenvalue weighted by Gasteiger charge is -2.35. The molecule has 1 aliphatic heterocycles. The van der Waals surface area contributed by atoms with Gasteiger partial charge in [-0.2, -0.15) is 16.2 Å². The minimum atomic E-state index is -1.59. The molecule has 2 heterocycles. The zero-order valence-corrected chi connectivity index (χ0v) is 10.8. The van der Waals surface area contributed by atoms with Crippen LogP contribution in [0, 0.1) is 5.95 Å². The van der Waals surface area contributed by atoms with Crippen LogP contribution in [-0.2, 0) is 5.67 Å². The average Bonchev–Trinajstić information content (AvgIpc) is 3.01. The summed E-state index contributed by atoms with van der Waals surface area (Å²) in [6.07, 6.45) is 4.04. The molecule has 1 nitrogen and oxygen atoms in total. The topological polar surface area (TPSA) is 12.9 Å². The highest BCUT2D eigenvalue weighted by molar-refractivity contribution is 8.01. The van der Waals surface area contributed by atoms with Crippen LogP contribution < -0.4 is 0 Å². The van der Waals surface area contributed by atoms with Gasteiger partial charge in [-0.25, -0.2) is 9.37 Å². The Kier molecular flexibility index (Phi) is 2.63. The van der Waals surface area contributed by atoms with Gasteiger partial charge in [-0.05, 0) is 31.1 Å². The molecule has 0 radical (unpaired) electrons. The zero-order valence-electron chi connectivity index (χ0n) is 9.18. The second-order valence-corrected chi connectivity index (χ2v) is 6.91. The Hall–Kier alpha value is -0.350. The molecule has 1 atom stereocenters. The molecule has 0 amide bonds. The van der Waals surface area contributed by atoms with E-state index in [1.165, 1.54) is 12.3 Å². The highest BCUT2D eigenvalue weighted by Gasteiger charge is 2.54. The van der Waals surface area contributed by atoms with Crippen LogP contribution in [-0.4, -0.2) is 15.5 Å². The lowest BCUT2D eigenvalue weighted by atomic mass is 9.88. The summed E-state index contributed by atoms with van der Waals surface area (Å²) in [6, 6.07) is 1.38. The van der Waals surface area contributed by atoms with Crippen LogP contribution in [0.25, 0.3) is 0 Å². The first-order chi connectivity index (χ1) is 8.03. The molecular weight excluding hydrogens is 264 g/mol. The number of pyridine rings is 1. The third kappa shape index (κ3) is 2.06. The Morgan fingerprint density at radius 3 is 2.82 bits per heavy atom. The fourth-order valence-electron chi connectivity index (χ4n) is 2.51. The zero-order chi connectivity index (χ0) is 12.1. The minimum Gasteiger partial charge on any atom is -0.238 e. The quantitative estimate of drug-likeness (QED) is 0.716. The van der Waals surface area contributed by atoms with E-state index in [0.717, 1.165) is 18.6 Å². The Morgan fingerprint density at radius 1 is 1.35 bits per heavy atom. The third-order valence-electron chi connectivity index (χ3n) is 3.61. The molecule has 2 aliphatic rings. The van der Waals surface area contributed by atoms with Crippen molar-refractivity contribution in [3.8, 4) is 0 Å². The smallest absolute Gasteiger partial charge is 0.219 e. The lowest BCUT2D eigenvalue weighted by Crippen LogP contribution is -2.32. The van der Waals surface area contributed by atoms with Gasteiger partial charge >= 0.3 is 0 Å². The van der Waals surface area contributed by atoms with Crippen molar-refractivity contribution in [2.45, 2.75) is 36.1 Å². The molecule has 1 aromatic rings. The molecule has 1 aliphatic carbocycles. The van der Waals surface area contributed by atoms with Crippen molar-refractivity contribution in [1.82, 2.24) is 4.98 Å². The summed E-state index contributed by atoms with van der Waals surface area (Å²) in [4.78, 5) is 3.52. The third-order valence-corrected chi connectivity index (χ3v) is 5.38. The number of aromatic nitrogens is 1. The average molecular weight is 276 g/mol. The van der Waals surface area contributed by atoms with Gasteiger partial charge in [0.25, 0.3) is 0 Å². The summed E-state index contributed by atoms with van der Waals surface area (Å²) < 4.78 is 28.6. The number of alkyl halides is 1. The van der Waals surface area contributed by atoms with E-state index in [9.17, 15) is 8.78 Å². The van der Waals surface area contributed by atoms with Gasteiger partial charge in [0.05, 0.1) is 5.02 Å². The van der Waals surface area contributed by atoms with Gasteiger partial charge in [-0.3, -0.25) is 0 Å². The maximum atomic E-state index is 14.9. The number of halogens is 3. The molecular formula is C12H12ClF2NS. The van der Waals surface area contributed by atoms with Crippen molar-refractivity contribution in [2.24, 2.45) is 0 Å². The fraction of sp³-hybridized carbons (Fsp3) is 0.583. The van der Waals surface area contributed by atoms with Crippen molar-refractivity contribution >= 4 is 23.4 Å². The highest BCUT2D eigenvalue weighted by atomic mass is 35.5. The van der Waals surface area contributed by atoms with Crippen molar-refractivity contribution in [3.05, 3.63) is 28.8 Å². The first-order valence-corrected chi connectivity index (χ1v) is 7.04. The molecule has 1 spiro atoms. The summed E-state index contributed by atoms with van der Waals surface area (Å²) in [6.45, 7) is 0. The molecule has 0 aromatic carbocycles. The van der Waals surface area contributed by atoms with Crippen molar-refractivity contribution in [1.29, 1.82) is 0 Å². The largest absolute Gasteiger partial charge is 0.238 e. The standard InChI is InChI=1S/C12H12ClF2NS/c13-8-5-9(10(14)16-6-8)12(15)3-4-17-11(7-12)1-2-11/h5-6H,1-4,7H2. The van der Waals surface area contributed by atoms with Crippen LogP contribution in [0.3, 0.4) is 0 Å². The van der Waals surface area contributed by atoms with E-state index >= 15 is 0 Å². The summed E-state index contributed by atoms with van der Waals surface area (Å²) in [7, 11) is 0.